The molecule has 1 aliphatic heterocycles. The summed E-state index contributed by atoms with van der Waals surface area (Å²) in [6.07, 6.45) is 1.61. The Bertz CT molecular complexity index is 544. The summed E-state index contributed by atoms with van der Waals surface area (Å²) in [5.74, 6) is -0.951. The maximum Gasteiger partial charge on any atom is 0.335 e. The Hall–Kier alpha value is -2.08. The van der Waals surface area contributed by atoms with Crippen LogP contribution in [0.3, 0.4) is 0 Å². The van der Waals surface area contributed by atoms with Gasteiger partial charge in [0.15, 0.2) is 0 Å². The zero-order chi connectivity index (χ0) is 15.4. The summed E-state index contributed by atoms with van der Waals surface area (Å²) >= 11 is 0. The van der Waals surface area contributed by atoms with Crippen molar-refractivity contribution in [3.63, 3.8) is 0 Å². The average molecular weight is 292 g/mol. The van der Waals surface area contributed by atoms with Crippen molar-refractivity contribution in [2.24, 2.45) is 0 Å². The lowest BCUT2D eigenvalue weighted by Gasteiger charge is -2.30. The van der Waals surface area contributed by atoms with E-state index in [0.717, 1.165) is 24.1 Å². The lowest BCUT2D eigenvalue weighted by atomic mass is 9.99. The molecule has 0 fully saturated rings. The Morgan fingerprint density at radius 2 is 2.24 bits per heavy atom. The summed E-state index contributed by atoms with van der Waals surface area (Å²) in [5.41, 5.74) is 1.94. The predicted molar refractivity (Wildman–Crippen MR) is 78.9 cm³/mol. The number of anilines is 1. The number of hydrogen-bond acceptors (Lipinski definition) is 3. The Morgan fingerprint density at radius 3 is 2.90 bits per heavy atom. The monoisotopic (exact) mass is 292 g/mol. The molecule has 6 heteroatoms. The first-order chi connectivity index (χ1) is 10.0. The number of carboxylic acid groups (broad SMARTS) is 1. The number of hydrogen-bond donors (Lipinski definition) is 2. The highest BCUT2D eigenvalue weighted by atomic mass is 16.5. The van der Waals surface area contributed by atoms with Crippen molar-refractivity contribution in [1.82, 2.24) is 5.32 Å². The van der Waals surface area contributed by atoms with Crippen molar-refractivity contribution in [1.29, 1.82) is 0 Å². The minimum absolute atomic E-state index is 0.0776. The van der Waals surface area contributed by atoms with Crippen molar-refractivity contribution in [3.05, 3.63) is 29.3 Å². The van der Waals surface area contributed by atoms with E-state index in [1.165, 1.54) is 6.07 Å². The summed E-state index contributed by atoms with van der Waals surface area (Å²) in [7, 11) is 1.59. The van der Waals surface area contributed by atoms with E-state index in [0.29, 0.717) is 13.2 Å². The van der Waals surface area contributed by atoms with Crippen LogP contribution in [0.1, 0.15) is 29.3 Å². The van der Waals surface area contributed by atoms with Gasteiger partial charge >= 0.3 is 12.0 Å². The molecule has 0 saturated heterocycles. The first-order valence-electron chi connectivity index (χ1n) is 6.96. The van der Waals surface area contributed by atoms with Crippen molar-refractivity contribution < 1.29 is 19.4 Å². The van der Waals surface area contributed by atoms with Gasteiger partial charge in [0.2, 0.25) is 0 Å². The molecule has 1 aliphatic rings. The number of carboxylic acids is 1. The molecule has 1 heterocycles. The molecule has 1 unspecified atom stereocenters. The first-order valence-corrected chi connectivity index (χ1v) is 6.96. The summed E-state index contributed by atoms with van der Waals surface area (Å²) in [4.78, 5) is 25.0. The van der Waals surface area contributed by atoms with Gasteiger partial charge in [0, 0.05) is 19.3 Å². The molecule has 0 radical (unpaired) electrons. The number of benzene rings is 1. The van der Waals surface area contributed by atoms with Crippen LogP contribution < -0.4 is 10.2 Å². The fourth-order valence-electron chi connectivity index (χ4n) is 2.52. The van der Waals surface area contributed by atoms with E-state index in [1.807, 2.05) is 6.92 Å². The van der Waals surface area contributed by atoms with E-state index in [-0.39, 0.29) is 17.6 Å². The Balaban J connectivity index is 2.18. The average Bonchev–Trinajstić information content (AvgIpc) is 2.46. The molecular formula is C15H20N2O4. The highest BCUT2D eigenvalue weighted by molar-refractivity contribution is 5.95. The molecule has 0 bridgehead atoms. The zero-order valence-corrected chi connectivity index (χ0v) is 12.3. The number of carbonyl (C=O) groups excluding carboxylic acids is 1. The molecule has 0 spiro atoms. The topological polar surface area (TPSA) is 78.9 Å². The van der Waals surface area contributed by atoms with Crippen molar-refractivity contribution in [3.8, 4) is 0 Å². The first kappa shape index (κ1) is 15.3. The molecule has 2 rings (SSSR count). The van der Waals surface area contributed by atoms with E-state index in [4.69, 9.17) is 9.84 Å². The van der Waals surface area contributed by atoms with Gasteiger partial charge in [0.25, 0.3) is 0 Å². The van der Waals surface area contributed by atoms with Crippen molar-refractivity contribution >= 4 is 17.7 Å². The van der Waals surface area contributed by atoms with Gasteiger partial charge in [-0.1, -0.05) is 0 Å². The molecule has 2 N–H and O–H groups in total. The van der Waals surface area contributed by atoms with Crippen LogP contribution in [0.25, 0.3) is 0 Å². The Morgan fingerprint density at radius 1 is 1.48 bits per heavy atom. The van der Waals surface area contributed by atoms with E-state index in [9.17, 15) is 9.59 Å². The standard InChI is InChI=1S/C15H20N2O4/c1-10(9-21-2)16-15(20)17-7-3-4-11-8-12(14(18)19)5-6-13(11)17/h5-6,8,10H,3-4,7,9H2,1-2H3,(H,16,20)(H,18,19). The maximum atomic E-state index is 12.3. The number of nitrogens with one attached hydrogen (secondary N) is 1. The number of carbonyl (C=O) groups is 2. The number of nitrogens with zero attached hydrogens (tertiary/aromatic N) is 1. The number of rotatable bonds is 4. The molecular weight excluding hydrogens is 272 g/mol. The third-order valence-corrected chi connectivity index (χ3v) is 3.48. The van der Waals surface area contributed by atoms with Crippen LogP contribution in [0, 0.1) is 0 Å². The maximum absolute atomic E-state index is 12.3. The Labute approximate surface area is 123 Å². The summed E-state index contributed by atoms with van der Waals surface area (Å²) in [5, 5.41) is 11.9. The van der Waals surface area contributed by atoms with E-state index >= 15 is 0 Å². The fourth-order valence-corrected chi connectivity index (χ4v) is 2.52. The molecule has 0 aliphatic carbocycles. The van der Waals surface area contributed by atoms with Crippen LogP contribution in [0.15, 0.2) is 18.2 Å². The second-order valence-electron chi connectivity index (χ2n) is 5.21. The number of methoxy groups -OCH3 is 1. The van der Waals surface area contributed by atoms with Gasteiger partial charge in [-0.15, -0.1) is 0 Å². The van der Waals surface area contributed by atoms with E-state index in [1.54, 1.807) is 24.1 Å². The third kappa shape index (κ3) is 3.52. The third-order valence-electron chi connectivity index (χ3n) is 3.48. The van der Waals surface area contributed by atoms with Gasteiger partial charge < -0.3 is 15.2 Å². The quantitative estimate of drug-likeness (QED) is 0.888. The second kappa shape index (κ2) is 6.58. The number of fused-ring (bicyclic) bond motifs is 1. The van der Waals surface area contributed by atoms with Gasteiger partial charge in [0.1, 0.15) is 0 Å². The summed E-state index contributed by atoms with van der Waals surface area (Å²) in [6, 6.07) is 4.63. The zero-order valence-electron chi connectivity index (χ0n) is 12.3. The summed E-state index contributed by atoms with van der Waals surface area (Å²) in [6.45, 7) is 2.95. The predicted octanol–water partition coefficient (Wildman–Crippen LogP) is 1.88. The van der Waals surface area contributed by atoms with E-state index in [2.05, 4.69) is 5.32 Å². The molecule has 0 aromatic heterocycles. The molecule has 6 nitrogen and oxygen atoms in total. The lowest BCUT2D eigenvalue weighted by Crippen LogP contribution is -2.47. The van der Waals surface area contributed by atoms with E-state index < -0.39 is 5.97 Å². The molecule has 2 amide bonds. The molecule has 21 heavy (non-hydrogen) atoms. The molecule has 1 atom stereocenters. The van der Waals surface area contributed by atoms with Crippen molar-refractivity contribution in [2.75, 3.05) is 25.2 Å². The minimum Gasteiger partial charge on any atom is -0.478 e. The minimum atomic E-state index is -0.951. The SMILES string of the molecule is COCC(C)NC(=O)N1CCCc2cc(C(=O)O)ccc21. The second-order valence-corrected chi connectivity index (χ2v) is 5.21. The smallest absolute Gasteiger partial charge is 0.335 e. The van der Waals surface area contributed by atoms with Gasteiger partial charge in [0.05, 0.1) is 18.2 Å². The highest BCUT2D eigenvalue weighted by Gasteiger charge is 2.24. The van der Waals surface area contributed by atoms with Gasteiger partial charge in [-0.05, 0) is 43.5 Å². The van der Waals surface area contributed by atoms with Crippen LogP contribution in [-0.2, 0) is 11.2 Å². The molecule has 1 aromatic carbocycles. The van der Waals surface area contributed by atoms with Gasteiger partial charge in [-0.2, -0.15) is 0 Å². The highest BCUT2D eigenvalue weighted by Crippen LogP contribution is 2.28. The number of ether oxygens (including phenoxy) is 1. The van der Waals surface area contributed by atoms with Gasteiger partial charge in [-0.3, -0.25) is 4.90 Å². The van der Waals surface area contributed by atoms with Crippen molar-refractivity contribution in [2.45, 2.75) is 25.8 Å². The van der Waals surface area contributed by atoms with Gasteiger partial charge in [-0.25, -0.2) is 9.59 Å². The van der Waals surface area contributed by atoms with Crippen LogP contribution in [-0.4, -0.2) is 43.4 Å². The van der Waals surface area contributed by atoms with Crippen LogP contribution >= 0.6 is 0 Å². The normalized spacial score (nSPS) is 15.2. The molecule has 114 valence electrons. The lowest BCUT2D eigenvalue weighted by molar-refractivity contribution is 0.0696. The number of aryl methyl sites for hydroxylation is 1. The summed E-state index contributed by atoms with van der Waals surface area (Å²) < 4.78 is 5.00. The molecule has 0 saturated carbocycles. The van der Waals surface area contributed by atoms with Crippen LogP contribution in [0.2, 0.25) is 0 Å². The van der Waals surface area contributed by atoms with Crippen LogP contribution in [0.4, 0.5) is 10.5 Å². The number of urea groups is 1. The van der Waals surface area contributed by atoms with Crippen LogP contribution in [0.5, 0.6) is 0 Å². The molecule has 1 aromatic rings. The number of aromatic carboxylic acids is 1. The fraction of sp³-hybridized carbons (Fsp3) is 0.467. The largest absolute Gasteiger partial charge is 0.478 e. The number of amides is 2. The Kier molecular flexibility index (Phi) is 4.80.